The van der Waals surface area contributed by atoms with E-state index < -0.39 is 48.7 Å². The number of amides is 3. The molecule has 5 rings (SSSR count). The van der Waals surface area contributed by atoms with Crippen molar-refractivity contribution in [2.75, 3.05) is 9.80 Å². The Kier molecular flexibility index (Phi) is 8.00. The van der Waals surface area contributed by atoms with Crippen molar-refractivity contribution in [1.29, 1.82) is 5.26 Å². The van der Waals surface area contributed by atoms with Crippen LogP contribution in [0.3, 0.4) is 0 Å². The zero-order chi connectivity index (χ0) is 30.0. The maximum Gasteiger partial charge on any atom is 0.252 e. The van der Waals surface area contributed by atoms with Crippen molar-refractivity contribution in [1.82, 2.24) is 10.3 Å². The lowest BCUT2D eigenvalue weighted by Gasteiger charge is -2.39. The predicted octanol–water partition coefficient (Wildman–Crippen LogP) is 3.94. The van der Waals surface area contributed by atoms with Crippen LogP contribution in [-0.2, 0) is 21.0 Å². The van der Waals surface area contributed by atoms with Gasteiger partial charge in [-0.3, -0.25) is 24.2 Å². The van der Waals surface area contributed by atoms with Gasteiger partial charge in [0.2, 0.25) is 11.8 Å². The van der Waals surface area contributed by atoms with Gasteiger partial charge < -0.3 is 10.4 Å². The van der Waals surface area contributed by atoms with E-state index in [4.69, 9.17) is 0 Å². The third-order valence-electron chi connectivity index (χ3n) is 7.65. The zero-order valence-electron chi connectivity index (χ0n) is 22.8. The molecule has 9 nitrogen and oxygen atoms in total. The summed E-state index contributed by atoms with van der Waals surface area (Å²) < 4.78 is 27.3. The highest BCUT2D eigenvalue weighted by molar-refractivity contribution is 6.10. The lowest BCUT2D eigenvalue weighted by atomic mass is 9.87. The Morgan fingerprint density at radius 1 is 1.19 bits per heavy atom. The van der Waals surface area contributed by atoms with Crippen LogP contribution < -0.4 is 15.1 Å². The lowest BCUT2D eigenvalue weighted by molar-refractivity contribution is -0.133. The van der Waals surface area contributed by atoms with Crippen LogP contribution in [0, 0.1) is 18.3 Å². The monoisotopic (exact) mass is 573 g/mol. The van der Waals surface area contributed by atoms with Gasteiger partial charge in [-0.25, -0.2) is 13.8 Å². The summed E-state index contributed by atoms with van der Waals surface area (Å²) >= 11 is 0. The van der Waals surface area contributed by atoms with Gasteiger partial charge in [-0.2, -0.15) is 5.26 Å². The second-order valence-electron chi connectivity index (χ2n) is 10.6. The molecule has 3 amide bonds. The van der Waals surface area contributed by atoms with Gasteiger partial charge in [0, 0.05) is 37.2 Å². The average molecular weight is 574 g/mol. The SMILES string of the molecule is Cc1ccccc1[C@@H](C(=O)NC1CC(F)(F)C1)N(C(=O)[C@@H]1CCC(=O)N1c1cc(C#N)ccn1)c1cccc(CO)c1. The van der Waals surface area contributed by atoms with Crippen molar-refractivity contribution in [3.8, 4) is 6.07 Å². The van der Waals surface area contributed by atoms with Crippen LogP contribution >= 0.6 is 0 Å². The minimum atomic E-state index is -2.86. The minimum absolute atomic E-state index is 0.0395. The molecule has 2 atom stereocenters. The number of hydrogen-bond donors (Lipinski definition) is 2. The molecule has 0 unspecified atom stereocenters. The van der Waals surface area contributed by atoms with Crippen molar-refractivity contribution in [3.05, 3.63) is 89.1 Å². The Balaban J connectivity index is 1.62. The molecule has 0 radical (unpaired) electrons. The largest absolute Gasteiger partial charge is 0.392 e. The Labute approximate surface area is 241 Å². The molecule has 2 aliphatic rings. The van der Waals surface area contributed by atoms with Gasteiger partial charge in [0.05, 0.1) is 18.2 Å². The van der Waals surface area contributed by atoms with E-state index in [-0.39, 0.29) is 42.4 Å². The van der Waals surface area contributed by atoms with E-state index in [1.807, 2.05) is 6.07 Å². The maximum absolute atomic E-state index is 14.6. The van der Waals surface area contributed by atoms with Gasteiger partial charge in [0.15, 0.2) is 0 Å². The van der Waals surface area contributed by atoms with E-state index in [1.165, 1.54) is 28.1 Å². The first-order valence-electron chi connectivity index (χ1n) is 13.6. The second-order valence-corrected chi connectivity index (χ2v) is 10.6. The first-order valence-corrected chi connectivity index (χ1v) is 13.6. The number of benzene rings is 2. The Morgan fingerprint density at radius 2 is 1.95 bits per heavy atom. The number of rotatable bonds is 8. The molecule has 2 heterocycles. The summed E-state index contributed by atoms with van der Waals surface area (Å²) in [5, 5.41) is 21.9. The molecule has 3 aromatic rings. The number of nitrogens with zero attached hydrogens (tertiary/aromatic N) is 4. The predicted molar refractivity (Wildman–Crippen MR) is 149 cm³/mol. The maximum atomic E-state index is 14.6. The number of carbonyl (C=O) groups excluding carboxylic acids is 3. The van der Waals surface area contributed by atoms with Gasteiger partial charge >= 0.3 is 0 Å². The first-order chi connectivity index (χ1) is 20.1. The number of anilines is 2. The fourth-order valence-corrected chi connectivity index (χ4v) is 5.53. The van der Waals surface area contributed by atoms with Gasteiger partial charge in [0.25, 0.3) is 11.8 Å². The first kappa shape index (κ1) is 28.8. The van der Waals surface area contributed by atoms with Gasteiger partial charge in [0.1, 0.15) is 17.9 Å². The third-order valence-corrected chi connectivity index (χ3v) is 7.65. The summed E-state index contributed by atoms with van der Waals surface area (Å²) in [5.74, 6) is -4.34. The normalized spacial score (nSPS) is 18.6. The molecule has 1 saturated carbocycles. The summed E-state index contributed by atoms with van der Waals surface area (Å²) in [4.78, 5) is 48.4. The van der Waals surface area contributed by atoms with Crippen molar-refractivity contribution in [3.63, 3.8) is 0 Å². The van der Waals surface area contributed by atoms with E-state index >= 15 is 0 Å². The molecule has 1 aliphatic heterocycles. The van der Waals surface area contributed by atoms with Gasteiger partial charge in [-0.15, -0.1) is 0 Å². The van der Waals surface area contributed by atoms with Crippen molar-refractivity contribution >= 4 is 29.2 Å². The molecular formula is C31H29F2N5O4. The molecule has 2 N–H and O–H groups in total. The number of pyridine rings is 1. The van der Waals surface area contributed by atoms with Gasteiger partial charge in [-0.05, 0) is 54.3 Å². The van der Waals surface area contributed by atoms with Crippen molar-refractivity contribution in [2.24, 2.45) is 0 Å². The van der Waals surface area contributed by atoms with Crippen LogP contribution in [0.25, 0.3) is 0 Å². The summed E-state index contributed by atoms with van der Waals surface area (Å²) in [6.45, 7) is 1.45. The second kappa shape index (κ2) is 11.7. The Hall–Kier alpha value is -4.69. The van der Waals surface area contributed by atoms with E-state index in [1.54, 1.807) is 55.5 Å². The fraction of sp³-hybridized carbons (Fsp3) is 0.323. The Morgan fingerprint density at radius 3 is 2.64 bits per heavy atom. The highest BCUT2D eigenvalue weighted by Crippen LogP contribution is 2.39. The minimum Gasteiger partial charge on any atom is -0.392 e. The highest BCUT2D eigenvalue weighted by atomic mass is 19.3. The number of aryl methyl sites for hydroxylation is 1. The zero-order valence-corrected chi connectivity index (χ0v) is 22.8. The quantitative estimate of drug-likeness (QED) is 0.421. The number of nitrogens with one attached hydrogen (secondary N) is 1. The summed E-state index contributed by atoms with van der Waals surface area (Å²) in [5.41, 5.74) is 2.19. The van der Waals surface area contributed by atoms with E-state index in [0.717, 1.165) is 0 Å². The number of aliphatic hydroxyl groups excluding tert-OH is 1. The molecule has 216 valence electrons. The molecule has 0 bridgehead atoms. The van der Waals surface area contributed by atoms with Crippen molar-refractivity contribution in [2.45, 2.75) is 63.3 Å². The summed E-state index contributed by atoms with van der Waals surface area (Å²) in [7, 11) is 0. The number of halogens is 2. The molecule has 2 fully saturated rings. The number of nitriles is 1. The van der Waals surface area contributed by atoms with Crippen LogP contribution in [0.1, 0.15) is 54.0 Å². The molecule has 42 heavy (non-hydrogen) atoms. The standard InChI is InChI=1S/C31H29F2N5O4/c1-19-5-2-3-8-24(19)28(29(41)36-22-15-31(32,33)16-22)37(23-7-4-6-21(13-23)18-39)30(42)25-9-10-27(40)38(25)26-14-20(17-34)11-12-35-26/h2-8,11-14,22,25,28,39H,9-10,15-16,18H2,1H3,(H,36,41)/t25-,28-/m0/s1. The fourth-order valence-electron chi connectivity index (χ4n) is 5.53. The van der Waals surface area contributed by atoms with Crippen LogP contribution in [0.2, 0.25) is 0 Å². The number of aliphatic hydroxyl groups is 1. The number of carbonyl (C=O) groups is 3. The molecule has 2 aromatic carbocycles. The molecule has 1 aliphatic carbocycles. The molecular weight excluding hydrogens is 544 g/mol. The Bertz CT molecular complexity index is 1560. The van der Waals surface area contributed by atoms with E-state index in [9.17, 15) is 33.5 Å². The number of alkyl halides is 2. The molecule has 1 aromatic heterocycles. The van der Waals surface area contributed by atoms with Crippen molar-refractivity contribution < 1.29 is 28.3 Å². The van der Waals surface area contributed by atoms with E-state index in [0.29, 0.717) is 16.7 Å². The summed E-state index contributed by atoms with van der Waals surface area (Å²) in [6, 6.07) is 15.3. The van der Waals surface area contributed by atoms with Crippen LogP contribution in [0.5, 0.6) is 0 Å². The molecule has 0 spiro atoms. The van der Waals surface area contributed by atoms with Crippen LogP contribution in [0.4, 0.5) is 20.3 Å². The number of hydrogen-bond acceptors (Lipinski definition) is 6. The lowest BCUT2D eigenvalue weighted by Crippen LogP contribution is -2.56. The average Bonchev–Trinajstić information content (AvgIpc) is 3.36. The smallest absolute Gasteiger partial charge is 0.252 e. The highest BCUT2D eigenvalue weighted by Gasteiger charge is 2.48. The van der Waals surface area contributed by atoms with Crippen LogP contribution in [-0.4, -0.2) is 45.8 Å². The van der Waals surface area contributed by atoms with Gasteiger partial charge in [-0.1, -0.05) is 36.4 Å². The topological polar surface area (TPSA) is 127 Å². The molecule has 1 saturated heterocycles. The van der Waals surface area contributed by atoms with Crippen LogP contribution in [0.15, 0.2) is 66.9 Å². The summed E-state index contributed by atoms with van der Waals surface area (Å²) in [6.07, 6.45) is 0.542. The number of aromatic nitrogens is 1. The third kappa shape index (κ3) is 5.71. The van der Waals surface area contributed by atoms with E-state index in [2.05, 4.69) is 10.3 Å². The molecule has 11 heteroatoms.